The minimum atomic E-state index is -1.28. The van der Waals surface area contributed by atoms with Crippen LogP contribution in [0.5, 0.6) is 11.5 Å². The normalized spacial score (nSPS) is 20.0. The van der Waals surface area contributed by atoms with Gasteiger partial charge in [-0.25, -0.2) is 4.79 Å². The van der Waals surface area contributed by atoms with Gasteiger partial charge in [0.2, 0.25) is 11.8 Å². The van der Waals surface area contributed by atoms with Crippen LogP contribution in [0.25, 0.3) is 11.1 Å². The molecule has 1 heterocycles. The van der Waals surface area contributed by atoms with Gasteiger partial charge < -0.3 is 37.0 Å². The van der Waals surface area contributed by atoms with Gasteiger partial charge in [0.1, 0.15) is 23.6 Å². The molecule has 2 aromatic carbocycles. The van der Waals surface area contributed by atoms with Crippen LogP contribution in [-0.2, 0) is 27.2 Å². The van der Waals surface area contributed by atoms with Crippen LogP contribution >= 0.6 is 24.8 Å². The van der Waals surface area contributed by atoms with E-state index in [0.29, 0.717) is 28.7 Å². The molecule has 2 aromatic rings. The number of aromatic hydroxyl groups is 2. The van der Waals surface area contributed by atoms with Crippen LogP contribution in [0.3, 0.4) is 0 Å². The maximum Gasteiger partial charge on any atom is 0.326 e. The van der Waals surface area contributed by atoms with Gasteiger partial charge in [0, 0.05) is 19.4 Å². The number of nitrogens with two attached hydrogens (primary N) is 2. The molecular formula is C25H34Cl2N4O6. The summed E-state index contributed by atoms with van der Waals surface area (Å²) < 4.78 is 0. The fourth-order valence-corrected chi connectivity index (χ4v) is 4.31. The van der Waals surface area contributed by atoms with Gasteiger partial charge in [0.05, 0.1) is 6.04 Å². The van der Waals surface area contributed by atoms with Crippen molar-refractivity contribution in [3.63, 3.8) is 0 Å². The van der Waals surface area contributed by atoms with Gasteiger partial charge in [-0.15, -0.1) is 24.8 Å². The number of amides is 2. The number of phenolic OH excluding ortho intramolecular Hbond substituents is 2. The first-order valence-electron chi connectivity index (χ1n) is 11.6. The molecule has 12 heteroatoms. The average Bonchev–Trinajstić information content (AvgIpc) is 2.83. The van der Waals surface area contributed by atoms with Crippen LogP contribution in [0.15, 0.2) is 36.4 Å². The van der Waals surface area contributed by atoms with E-state index in [0.717, 1.165) is 0 Å². The topological polar surface area (TPSA) is 179 Å². The van der Waals surface area contributed by atoms with E-state index < -0.39 is 35.9 Å². The maximum absolute atomic E-state index is 13.5. The highest BCUT2D eigenvalue weighted by Gasteiger charge is 2.35. The number of aliphatic carboxylic acids is 1. The van der Waals surface area contributed by atoms with E-state index in [1.807, 2.05) is 0 Å². The molecule has 0 fully saturated rings. The predicted octanol–water partition coefficient (Wildman–Crippen LogP) is 1.56. The molecule has 0 spiro atoms. The smallest absolute Gasteiger partial charge is 0.326 e. The maximum atomic E-state index is 13.5. The van der Waals surface area contributed by atoms with E-state index in [-0.39, 0.29) is 68.7 Å². The molecule has 0 radical (unpaired) electrons. The van der Waals surface area contributed by atoms with Crippen LogP contribution in [-0.4, -0.2) is 69.2 Å². The van der Waals surface area contributed by atoms with Gasteiger partial charge in [-0.2, -0.15) is 0 Å². The first kappa shape index (κ1) is 32.0. The van der Waals surface area contributed by atoms with Crippen molar-refractivity contribution >= 4 is 42.6 Å². The van der Waals surface area contributed by atoms with Crippen molar-refractivity contribution in [2.24, 2.45) is 11.5 Å². The van der Waals surface area contributed by atoms with E-state index >= 15 is 0 Å². The summed E-state index contributed by atoms with van der Waals surface area (Å²) >= 11 is 0. The van der Waals surface area contributed by atoms with E-state index in [4.69, 9.17) is 11.5 Å². The highest BCUT2D eigenvalue weighted by atomic mass is 35.5. The number of benzene rings is 2. The molecule has 0 aliphatic carbocycles. The molecule has 1 aliphatic heterocycles. The van der Waals surface area contributed by atoms with Crippen molar-refractivity contribution in [2.45, 2.75) is 50.7 Å². The Morgan fingerprint density at radius 3 is 2.05 bits per heavy atom. The highest BCUT2D eigenvalue weighted by Crippen LogP contribution is 2.31. The number of phenols is 2. The zero-order chi connectivity index (χ0) is 25.7. The molecule has 3 rings (SSSR count). The Bertz CT molecular complexity index is 1120. The first-order chi connectivity index (χ1) is 16.7. The molecule has 3 atom stereocenters. The Kier molecular flexibility index (Phi) is 12.1. The van der Waals surface area contributed by atoms with Gasteiger partial charge in [-0.3, -0.25) is 9.59 Å². The Morgan fingerprint density at radius 1 is 1.03 bits per heavy atom. The van der Waals surface area contributed by atoms with Crippen LogP contribution < -0.4 is 16.8 Å². The summed E-state index contributed by atoms with van der Waals surface area (Å²) in [5.74, 6) is -2.52. The Hall–Kier alpha value is -3.05. The molecule has 2 amide bonds. The van der Waals surface area contributed by atoms with Gasteiger partial charge in [-0.05, 0) is 72.8 Å². The molecule has 8 N–H and O–H groups in total. The van der Waals surface area contributed by atoms with Gasteiger partial charge in [0.15, 0.2) is 0 Å². The highest BCUT2D eigenvalue weighted by molar-refractivity contribution is 5.92. The third-order valence-corrected chi connectivity index (χ3v) is 6.28. The summed E-state index contributed by atoms with van der Waals surface area (Å²) in [6.45, 7) is 2.01. The number of carbonyl (C=O) groups is 3. The molecule has 0 saturated heterocycles. The van der Waals surface area contributed by atoms with Gasteiger partial charge in [-0.1, -0.05) is 12.1 Å². The molecule has 37 heavy (non-hydrogen) atoms. The number of hydrogen-bond acceptors (Lipinski definition) is 7. The summed E-state index contributed by atoms with van der Waals surface area (Å²) in [5.41, 5.74) is 13.9. The lowest BCUT2D eigenvalue weighted by Crippen LogP contribution is -2.56. The van der Waals surface area contributed by atoms with Crippen LogP contribution in [0.1, 0.15) is 30.9 Å². The van der Waals surface area contributed by atoms with Crippen molar-refractivity contribution in [2.75, 3.05) is 13.1 Å². The van der Waals surface area contributed by atoms with Gasteiger partial charge >= 0.3 is 5.97 Å². The van der Waals surface area contributed by atoms with Crippen molar-refractivity contribution in [1.82, 2.24) is 10.2 Å². The number of halogens is 2. The molecule has 0 saturated carbocycles. The fraction of sp³-hybridized carbons (Fsp3) is 0.400. The van der Waals surface area contributed by atoms with Crippen molar-refractivity contribution < 1.29 is 29.7 Å². The lowest BCUT2D eigenvalue weighted by Gasteiger charge is -2.32. The second-order valence-corrected chi connectivity index (χ2v) is 8.67. The third-order valence-electron chi connectivity index (χ3n) is 6.28. The monoisotopic (exact) mass is 556 g/mol. The molecular weight excluding hydrogens is 523 g/mol. The minimum Gasteiger partial charge on any atom is -0.508 e. The number of hydrogen-bond donors (Lipinski definition) is 6. The Labute approximate surface area is 227 Å². The fourth-order valence-electron chi connectivity index (χ4n) is 4.31. The van der Waals surface area contributed by atoms with E-state index in [2.05, 4.69) is 5.32 Å². The zero-order valence-electron chi connectivity index (χ0n) is 20.4. The molecule has 10 nitrogen and oxygen atoms in total. The number of likely N-dealkylation sites (N-methyl/N-ethyl adjacent to an activating group) is 1. The SMILES string of the molecule is CCN1C(=O)[C@H](CCCN)NC(=O)[C@@H](N)Cc2cc(ccc2O)-c2ccc(O)c(c2)C[C@H]1C(=O)O.Cl.Cl. The van der Waals surface area contributed by atoms with Crippen molar-refractivity contribution in [3.05, 3.63) is 47.5 Å². The lowest BCUT2D eigenvalue weighted by atomic mass is 9.95. The molecule has 1 aliphatic rings. The summed E-state index contributed by atoms with van der Waals surface area (Å²) in [6, 6.07) is 6.30. The summed E-state index contributed by atoms with van der Waals surface area (Å²) in [5, 5.41) is 33.5. The quantitative estimate of drug-likeness (QED) is 0.321. The Morgan fingerprint density at radius 2 is 1.57 bits per heavy atom. The summed E-state index contributed by atoms with van der Waals surface area (Å²) in [4.78, 5) is 39.8. The largest absolute Gasteiger partial charge is 0.508 e. The van der Waals surface area contributed by atoms with E-state index in [1.165, 1.54) is 17.0 Å². The van der Waals surface area contributed by atoms with E-state index in [9.17, 15) is 29.7 Å². The number of rotatable bonds is 5. The third kappa shape index (κ3) is 7.48. The van der Waals surface area contributed by atoms with Crippen molar-refractivity contribution in [3.8, 4) is 22.6 Å². The average molecular weight is 557 g/mol. The molecule has 0 aromatic heterocycles. The molecule has 0 unspecified atom stereocenters. The second kappa shape index (κ2) is 14.0. The number of fused-ring (bicyclic) bond motifs is 5. The lowest BCUT2D eigenvalue weighted by molar-refractivity contribution is -0.151. The number of nitrogens with one attached hydrogen (secondary N) is 1. The minimum absolute atomic E-state index is 0. The van der Waals surface area contributed by atoms with Crippen LogP contribution in [0, 0.1) is 0 Å². The number of carbonyl (C=O) groups excluding carboxylic acids is 2. The molecule has 4 bridgehead atoms. The van der Waals surface area contributed by atoms with Crippen molar-refractivity contribution in [1.29, 1.82) is 0 Å². The van der Waals surface area contributed by atoms with Crippen LogP contribution in [0.2, 0.25) is 0 Å². The van der Waals surface area contributed by atoms with Gasteiger partial charge in [0.25, 0.3) is 0 Å². The van der Waals surface area contributed by atoms with Crippen LogP contribution in [0.4, 0.5) is 0 Å². The standard InChI is InChI=1S/C25H32N4O6.2ClH/c1-2-29-20(25(34)35)13-17-11-15(6-8-22(17)31)14-5-7-21(30)16(10-14)12-18(27)23(32)28-19(24(29)33)4-3-9-26;;/h5-8,10-11,18-20,30-31H,2-4,9,12-13,26-27H2,1H3,(H,28,32)(H,34,35);2*1H/t18-,19-,20-;;/m0../s1. The molecule has 204 valence electrons. The first-order valence-corrected chi connectivity index (χ1v) is 11.6. The summed E-state index contributed by atoms with van der Waals surface area (Å²) in [7, 11) is 0. The second-order valence-electron chi connectivity index (χ2n) is 8.67. The Balaban J connectivity index is 0.00000342. The summed E-state index contributed by atoms with van der Waals surface area (Å²) in [6.07, 6.45) is 0.505. The zero-order valence-corrected chi connectivity index (χ0v) is 22.1. The number of carboxylic acid groups (broad SMARTS) is 1. The number of nitrogens with zero attached hydrogens (tertiary/aromatic N) is 1. The number of carboxylic acids is 1. The predicted molar refractivity (Wildman–Crippen MR) is 144 cm³/mol. The van der Waals surface area contributed by atoms with E-state index in [1.54, 1.807) is 31.2 Å².